The summed E-state index contributed by atoms with van der Waals surface area (Å²) in [7, 11) is -2.04. The third-order valence-corrected chi connectivity index (χ3v) is 5.12. The summed E-state index contributed by atoms with van der Waals surface area (Å²) in [6.45, 7) is 2.97. The van der Waals surface area contributed by atoms with Gasteiger partial charge in [0.1, 0.15) is 5.75 Å². The highest BCUT2D eigenvalue weighted by molar-refractivity contribution is 7.89. The topological polar surface area (TPSA) is 55.8 Å². The lowest BCUT2D eigenvalue weighted by Gasteiger charge is -2.30. The molecule has 5 nitrogen and oxygen atoms in total. The van der Waals surface area contributed by atoms with Crippen LogP contribution in [0.2, 0.25) is 5.02 Å². The molecule has 0 aromatic heterocycles. The molecule has 0 bridgehead atoms. The lowest BCUT2D eigenvalue weighted by molar-refractivity contribution is 0.0102. The molecule has 0 unspecified atom stereocenters. The fourth-order valence-corrected chi connectivity index (χ4v) is 3.81. The van der Waals surface area contributed by atoms with Gasteiger partial charge in [0.2, 0.25) is 10.0 Å². The number of hydrogen-bond acceptors (Lipinski definition) is 4. The number of benzene rings is 1. The molecule has 0 aliphatic carbocycles. The van der Waals surface area contributed by atoms with Crippen molar-refractivity contribution in [3.05, 3.63) is 23.2 Å². The Kier molecular flexibility index (Phi) is 4.35. The number of methoxy groups -OCH3 is 1. The molecule has 1 aliphatic rings. The summed E-state index contributed by atoms with van der Waals surface area (Å²) in [6.07, 6.45) is -0.0998. The molecule has 2 rings (SSSR count). The van der Waals surface area contributed by atoms with Crippen molar-refractivity contribution in [1.82, 2.24) is 4.31 Å². The van der Waals surface area contributed by atoms with E-state index in [1.54, 1.807) is 6.07 Å². The van der Waals surface area contributed by atoms with E-state index in [0.29, 0.717) is 25.4 Å². The van der Waals surface area contributed by atoms with E-state index < -0.39 is 10.0 Å². The van der Waals surface area contributed by atoms with Gasteiger partial charge >= 0.3 is 0 Å². The second kappa shape index (κ2) is 5.66. The Morgan fingerprint density at radius 2 is 2.21 bits per heavy atom. The van der Waals surface area contributed by atoms with E-state index in [1.165, 1.54) is 23.5 Å². The molecular weight excluding hydrogens is 290 g/mol. The Morgan fingerprint density at radius 3 is 2.79 bits per heavy atom. The van der Waals surface area contributed by atoms with E-state index in [0.717, 1.165) is 0 Å². The van der Waals surface area contributed by atoms with Crippen molar-refractivity contribution < 1.29 is 17.9 Å². The Bertz CT molecular complexity index is 561. The van der Waals surface area contributed by atoms with Crippen LogP contribution in [0.5, 0.6) is 5.75 Å². The Balaban J connectivity index is 2.31. The second-order valence-electron chi connectivity index (χ2n) is 4.34. The van der Waals surface area contributed by atoms with Gasteiger partial charge in [-0.05, 0) is 25.1 Å². The first kappa shape index (κ1) is 14.6. The first-order valence-corrected chi connectivity index (χ1v) is 7.72. The average Bonchev–Trinajstić information content (AvgIpc) is 2.38. The molecule has 1 aromatic rings. The first-order valence-electron chi connectivity index (χ1n) is 5.90. The number of sulfonamides is 1. The minimum absolute atomic E-state index is 0.0998. The number of hydrogen-bond donors (Lipinski definition) is 0. The highest BCUT2D eigenvalue weighted by Gasteiger charge is 2.29. The molecule has 1 aromatic carbocycles. The van der Waals surface area contributed by atoms with Gasteiger partial charge in [0, 0.05) is 13.1 Å². The van der Waals surface area contributed by atoms with Crippen LogP contribution in [0.4, 0.5) is 0 Å². The largest absolute Gasteiger partial charge is 0.495 e. The molecular formula is C12H16ClNO4S. The van der Waals surface area contributed by atoms with E-state index in [9.17, 15) is 8.42 Å². The van der Waals surface area contributed by atoms with E-state index in [4.69, 9.17) is 21.1 Å². The number of ether oxygens (including phenoxy) is 2. The normalized spacial score (nSPS) is 21.3. The van der Waals surface area contributed by atoms with E-state index in [1.807, 2.05) is 6.92 Å². The van der Waals surface area contributed by atoms with E-state index >= 15 is 0 Å². The maximum Gasteiger partial charge on any atom is 0.243 e. The lowest BCUT2D eigenvalue weighted by atomic mass is 10.3. The maximum atomic E-state index is 12.5. The van der Waals surface area contributed by atoms with Gasteiger partial charge < -0.3 is 9.47 Å². The third kappa shape index (κ3) is 3.02. The van der Waals surface area contributed by atoms with Crippen LogP contribution in [-0.2, 0) is 14.8 Å². The molecule has 0 N–H and O–H groups in total. The van der Waals surface area contributed by atoms with Crippen molar-refractivity contribution in [2.75, 3.05) is 26.8 Å². The number of nitrogens with zero attached hydrogens (tertiary/aromatic N) is 1. The molecule has 1 heterocycles. The molecule has 0 spiro atoms. The number of halogens is 1. The molecule has 1 fully saturated rings. The molecule has 1 saturated heterocycles. The second-order valence-corrected chi connectivity index (χ2v) is 6.69. The SMILES string of the molecule is COc1ccc(S(=O)(=O)N2CCO[C@H](C)C2)cc1Cl. The van der Waals surface area contributed by atoms with Crippen LogP contribution in [0.3, 0.4) is 0 Å². The van der Waals surface area contributed by atoms with Crippen LogP contribution in [0.15, 0.2) is 23.1 Å². The number of rotatable bonds is 3. The van der Waals surface area contributed by atoms with Crippen molar-refractivity contribution in [3.63, 3.8) is 0 Å². The van der Waals surface area contributed by atoms with Crippen LogP contribution in [-0.4, -0.2) is 45.6 Å². The van der Waals surface area contributed by atoms with Crippen LogP contribution in [0, 0.1) is 0 Å². The van der Waals surface area contributed by atoms with Gasteiger partial charge in [-0.25, -0.2) is 8.42 Å². The van der Waals surface area contributed by atoms with E-state index in [-0.39, 0.29) is 16.0 Å². The van der Waals surface area contributed by atoms with Crippen molar-refractivity contribution >= 4 is 21.6 Å². The summed E-state index contributed by atoms with van der Waals surface area (Å²) in [4.78, 5) is 0.174. The van der Waals surface area contributed by atoms with Gasteiger partial charge in [0.25, 0.3) is 0 Å². The predicted molar refractivity (Wildman–Crippen MR) is 72.2 cm³/mol. The van der Waals surface area contributed by atoms with Gasteiger partial charge in [0.15, 0.2) is 0 Å². The van der Waals surface area contributed by atoms with Gasteiger partial charge in [-0.1, -0.05) is 11.6 Å². The van der Waals surface area contributed by atoms with Crippen molar-refractivity contribution in [2.24, 2.45) is 0 Å². The quantitative estimate of drug-likeness (QED) is 0.854. The number of morpholine rings is 1. The minimum Gasteiger partial charge on any atom is -0.495 e. The molecule has 7 heteroatoms. The minimum atomic E-state index is -3.53. The molecule has 19 heavy (non-hydrogen) atoms. The highest BCUT2D eigenvalue weighted by atomic mass is 35.5. The zero-order chi connectivity index (χ0) is 14.0. The summed E-state index contributed by atoms with van der Waals surface area (Å²) in [5, 5.41) is 0.282. The molecule has 106 valence electrons. The third-order valence-electron chi connectivity index (χ3n) is 2.96. The maximum absolute atomic E-state index is 12.5. The first-order chi connectivity index (χ1) is 8.95. The van der Waals surface area contributed by atoms with Crippen molar-refractivity contribution in [1.29, 1.82) is 0 Å². The standard InChI is InChI=1S/C12H16ClNO4S/c1-9-8-14(5-6-18-9)19(15,16)10-3-4-12(17-2)11(13)7-10/h3-4,7,9H,5-6,8H2,1-2H3/t9-/m1/s1. The van der Waals surface area contributed by atoms with E-state index in [2.05, 4.69) is 0 Å². The van der Waals surface area contributed by atoms with Crippen LogP contribution >= 0.6 is 11.6 Å². The zero-order valence-electron chi connectivity index (χ0n) is 10.8. The lowest BCUT2D eigenvalue weighted by Crippen LogP contribution is -2.44. The van der Waals surface area contributed by atoms with Gasteiger partial charge in [-0.2, -0.15) is 4.31 Å². The van der Waals surface area contributed by atoms with Gasteiger partial charge in [0.05, 0.1) is 29.7 Å². The summed E-state index contributed by atoms with van der Waals surface area (Å²) in [5.74, 6) is 0.455. The molecule has 1 atom stereocenters. The molecule has 1 aliphatic heterocycles. The molecule has 0 saturated carbocycles. The van der Waals surface area contributed by atoms with Crippen LogP contribution in [0.1, 0.15) is 6.92 Å². The summed E-state index contributed by atoms with van der Waals surface area (Å²) in [5.41, 5.74) is 0. The van der Waals surface area contributed by atoms with Gasteiger partial charge in [-0.15, -0.1) is 0 Å². The van der Waals surface area contributed by atoms with Crippen LogP contribution < -0.4 is 4.74 Å². The highest BCUT2D eigenvalue weighted by Crippen LogP contribution is 2.28. The Labute approximate surface area is 118 Å². The average molecular weight is 306 g/mol. The fourth-order valence-electron chi connectivity index (χ4n) is 1.96. The smallest absolute Gasteiger partial charge is 0.243 e. The monoisotopic (exact) mass is 305 g/mol. The fraction of sp³-hybridized carbons (Fsp3) is 0.500. The Morgan fingerprint density at radius 1 is 1.47 bits per heavy atom. The molecule has 0 amide bonds. The zero-order valence-corrected chi connectivity index (χ0v) is 12.4. The van der Waals surface area contributed by atoms with Crippen LogP contribution in [0.25, 0.3) is 0 Å². The van der Waals surface area contributed by atoms with Gasteiger partial charge in [-0.3, -0.25) is 0 Å². The Hall–Kier alpha value is -0.820. The molecule has 0 radical (unpaired) electrons. The summed E-state index contributed by atoms with van der Waals surface area (Å²) in [6, 6.07) is 4.47. The van der Waals surface area contributed by atoms with Crippen molar-refractivity contribution in [3.8, 4) is 5.75 Å². The van der Waals surface area contributed by atoms with Crippen molar-refractivity contribution in [2.45, 2.75) is 17.9 Å². The summed E-state index contributed by atoms with van der Waals surface area (Å²) >= 11 is 5.97. The predicted octanol–water partition coefficient (Wildman–Crippen LogP) is 1.76. The summed E-state index contributed by atoms with van der Waals surface area (Å²) < 4.78 is 36.7.